The molecule has 1 heterocycles. The minimum absolute atomic E-state index is 0.0354. The number of carbonyl (C=O) groups is 2. The zero-order valence-electron chi connectivity index (χ0n) is 15.9. The Morgan fingerprint density at radius 3 is 2.59 bits per heavy atom. The average molecular weight is 401 g/mol. The lowest BCUT2D eigenvalue weighted by Gasteiger charge is -2.17. The number of rotatable bonds is 6. The van der Waals surface area contributed by atoms with Crippen LogP contribution in [0.4, 0.5) is 21.5 Å². The van der Waals surface area contributed by atoms with Crippen LogP contribution in [0.3, 0.4) is 0 Å². The molecular weight excluding hydrogens is 381 g/mol. The van der Waals surface area contributed by atoms with Crippen molar-refractivity contribution in [2.24, 2.45) is 5.92 Å². The summed E-state index contributed by atoms with van der Waals surface area (Å²) in [4.78, 5) is 36.2. The molecule has 29 heavy (non-hydrogen) atoms. The van der Waals surface area contributed by atoms with Crippen LogP contribution in [0.2, 0.25) is 0 Å². The van der Waals surface area contributed by atoms with Crippen LogP contribution in [-0.4, -0.2) is 29.4 Å². The number of benzene rings is 2. The number of halogens is 1. The van der Waals surface area contributed by atoms with Gasteiger partial charge in [0.1, 0.15) is 5.75 Å². The summed E-state index contributed by atoms with van der Waals surface area (Å²) in [6.07, 6.45) is -0.000779. The highest BCUT2D eigenvalue weighted by molar-refractivity contribution is 6.03. The summed E-state index contributed by atoms with van der Waals surface area (Å²) >= 11 is 0. The Labute approximate surface area is 166 Å². The average Bonchev–Trinajstić information content (AvgIpc) is 3.05. The van der Waals surface area contributed by atoms with Crippen molar-refractivity contribution < 1.29 is 23.6 Å². The molecule has 1 saturated heterocycles. The number of nitrogens with zero attached hydrogens (tertiary/aromatic N) is 2. The first-order valence-corrected chi connectivity index (χ1v) is 9.06. The van der Waals surface area contributed by atoms with Crippen molar-refractivity contribution in [3.63, 3.8) is 0 Å². The molecule has 2 aromatic rings. The summed E-state index contributed by atoms with van der Waals surface area (Å²) in [7, 11) is 0. The van der Waals surface area contributed by atoms with Crippen molar-refractivity contribution in [3.8, 4) is 5.75 Å². The third kappa shape index (κ3) is 4.68. The molecule has 1 fully saturated rings. The maximum atomic E-state index is 13.5. The molecule has 2 aromatic carbocycles. The van der Waals surface area contributed by atoms with Crippen LogP contribution < -0.4 is 15.0 Å². The number of amides is 2. The molecule has 0 bridgehead atoms. The number of carbonyl (C=O) groups excluding carboxylic acids is 2. The van der Waals surface area contributed by atoms with Crippen LogP contribution in [0, 0.1) is 21.8 Å². The Morgan fingerprint density at radius 1 is 1.28 bits per heavy atom. The van der Waals surface area contributed by atoms with Crippen LogP contribution in [0.25, 0.3) is 0 Å². The SMILES string of the molecule is CC(C)Oc1ccc(NC(=O)C2CC(=O)N(c3ccc(F)c([N+](=O)[O-])c3)C2)cc1. The second-order valence-electron chi connectivity index (χ2n) is 6.98. The number of nitro groups is 1. The maximum absolute atomic E-state index is 13.5. The van der Waals surface area contributed by atoms with E-state index in [1.165, 1.54) is 11.0 Å². The summed E-state index contributed by atoms with van der Waals surface area (Å²) < 4.78 is 19.1. The summed E-state index contributed by atoms with van der Waals surface area (Å²) in [5, 5.41) is 13.7. The summed E-state index contributed by atoms with van der Waals surface area (Å²) in [6.45, 7) is 3.88. The van der Waals surface area contributed by atoms with E-state index < -0.39 is 22.3 Å². The number of hydrogen-bond donors (Lipinski definition) is 1. The molecule has 1 unspecified atom stereocenters. The predicted octanol–water partition coefficient (Wildman–Crippen LogP) is 3.51. The van der Waals surface area contributed by atoms with Gasteiger partial charge >= 0.3 is 5.69 Å². The van der Waals surface area contributed by atoms with E-state index in [2.05, 4.69) is 5.32 Å². The fraction of sp³-hybridized carbons (Fsp3) is 0.300. The molecule has 8 nitrogen and oxygen atoms in total. The van der Waals surface area contributed by atoms with Crippen molar-refractivity contribution in [3.05, 3.63) is 58.4 Å². The normalized spacial score (nSPS) is 16.2. The first-order valence-electron chi connectivity index (χ1n) is 9.06. The molecule has 1 atom stereocenters. The molecule has 1 aliphatic heterocycles. The number of anilines is 2. The quantitative estimate of drug-likeness (QED) is 0.589. The van der Waals surface area contributed by atoms with Crippen molar-refractivity contribution in [2.75, 3.05) is 16.8 Å². The lowest BCUT2D eigenvalue weighted by Crippen LogP contribution is -2.28. The van der Waals surface area contributed by atoms with Gasteiger partial charge in [0.25, 0.3) is 0 Å². The van der Waals surface area contributed by atoms with Crippen molar-refractivity contribution >= 4 is 28.9 Å². The van der Waals surface area contributed by atoms with Gasteiger partial charge in [-0.25, -0.2) is 0 Å². The molecule has 1 aliphatic rings. The van der Waals surface area contributed by atoms with Gasteiger partial charge in [-0.3, -0.25) is 19.7 Å². The van der Waals surface area contributed by atoms with Gasteiger partial charge in [0.15, 0.2) is 0 Å². The van der Waals surface area contributed by atoms with Gasteiger partial charge in [-0.05, 0) is 50.2 Å². The van der Waals surface area contributed by atoms with E-state index in [4.69, 9.17) is 4.74 Å². The molecule has 0 aromatic heterocycles. The highest BCUT2D eigenvalue weighted by atomic mass is 19.1. The largest absolute Gasteiger partial charge is 0.491 e. The number of nitro benzene ring substituents is 1. The van der Waals surface area contributed by atoms with Crippen LogP contribution in [0.5, 0.6) is 5.75 Å². The number of nitrogens with one attached hydrogen (secondary N) is 1. The first-order chi connectivity index (χ1) is 13.7. The van der Waals surface area contributed by atoms with Crippen LogP contribution in [0.1, 0.15) is 20.3 Å². The van der Waals surface area contributed by atoms with Gasteiger partial charge in [-0.2, -0.15) is 4.39 Å². The van der Waals surface area contributed by atoms with Gasteiger partial charge in [0.2, 0.25) is 17.6 Å². The third-order valence-electron chi connectivity index (χ3n) is 4.43. The Hall–Kier alpha value is -3.49. The molecular formula is C20H20FN3O5. The van der Waals surface area contributed by atoms with E-state index in [9.17, 15) is 24.1 Å². The van der Waals surface area contributed by atoms with Crippen molar-refractivity contribution in [2.45, 2.75) is 26.4 Å². The highest BCUT2D eigenvalue weighted by Gasteiger charge is 2.36. The molecule has 0 aliphatic carbocycles. The number of ether oxygens (including phenoxy) is 1. The summed E-state index contributed by atoms with van der Waals surface area (Å²) in [5.74, 6) is -1.62. The van der Waals surface area contributed by atoms with E-state index >= 15 is 0 Å². The maximum Gasteiger partial charge on any atom is 0.306 e. The Kier molecular flexibility index (Phi) is 5.76. The molecule has 152 valence electrons. The number of hydrogen-bond acceptors (Lipinski definition) is 5. The van der Waals surface area contributed by atoms with E-state index in [0.717, 1.165) is 12.1 Å². The highest BCUT2D eigenvalue weighted by Crippen LogP contribution is 2.30. The van der Waals surface area contributed by atoms with E-state index in [0.29, 0.717) is 11.4 Å². The van der Waals surface area contributed by atoms with Crippen molar-refractivity contribution in [1.82, 2.24) is 0 Å². The van der Waals surface area contributed by atoms with Gasteiger partial charge in [-0.1, -0.05) is 0 Å². The minimum Gasteiger partial charge on any atom is -0.491 e. The molecule has 2 amide bonds. The van der Waals surface area contributed by atoms with Gasteiger partial charge in [-0.15, -0.1) is 0 Å². The summed E-state index contributed by atoms with van der Waals surface area (Å²) in [6, 6.07) is 10.1. The Bertz CT molecular complexity index is 946. The third-order valence-corrected chi connectivity index (χ3v) is 4.43. The van der Waals surface area contributed by atoms with Crippen molar-refractivity contribution in [1.29, 1.82) is 0 Å². The molecule has 0 saturated carbocycles. The smallest absolute Gasteiger partial charge is 0.306 e. The Balaban J connectivity index is 1.67. The van der Waals surface area contributed by atoms with Crippen LogP contribution in [-0.2, 0) is 9.59 Å². The van der Waals surface area contributed by atoms with Gasteiger partial charge in [0.05, 0.1) is 22.6 Å². The minimum atomic E-state index is -0.982. The molecule has 3 rings (SSSR count). The fourth-order valence-corrected chi connectivity index (χ4v) is 3.07. The second kappa shape index (κ2) is 8.26. The van der Waals surface area contributed by atoms with Gasteiger partial charge in [0, 0.05) is 24.7 Å². The fourth-order valence-electron chi connectivity index (χ4n) is 3.07. The lowest BCUT2D eigenvalue weighted by atomic mass is 10.1. The molecule has 9 heteroatoms. The standard InChI is InChI=1S/C20H20FN3O5/c1-12(2)29-16-6-3-14(4-7-16)22-20(26)13-9-19(25)23(11-13)15-5-8-17(21)18(10-15)24(27)28/h3-8,10,12-13H,9,11H2,1-2H3,(H,22,26). The van der Waals surface area contributed by atoms with E-state index in [1.807, 2.05) is 13.8 Å². The first kappa shape index (κ1) is 20.2. The Morgan fingerprint density at radius 2 is 1.97 bits per heavy atom. The molecule has 0 radical (unpaired) electrons. The zero-order valence-corrected chi connectivity index (χ0v) is 15.9. The van der Waals surface area contributed by atoms with Gasteiger partial charge < -0.3 is 15.0 Å². The monoisotopic (exact) mass is 401 g/mol. The van der Waals surface area contributed by atoms with E-state index in [1.54, 1.807) is 24.3 Å². The summed E-state index contributed by atoms with van der Waals surface area (Å²) in [5.41, 5.74) is 0.0370. The van der Waals surface area contributed by atoms with Crippen LogP contribution in [0.15, 0.2) is 42.5 Å². The van der Waals surface area contributed by atoms with Crippen LogP contribution >= 0.6 is 0 Å². The lowest BCUT2D eigenvalue weighted by molar-refractivity contribution is -0.387. The second-order valence-corrected chi connectivity index (χ2v) is 6.98. The van der Waals surface area contributed by atoms with E-state index in [-0.39, 0.29) is 36.6 Å². The topological polar surface area (TPSA) is 102 Å². The zero-order chi connectivity index (χ0) is 21.1. The predicted molar refractivity (Wildman–Crippen MR) is 104 cm³/mol. The molecule has 1 N–H and O–H groups in total. The molecule has 0 spiro atoms.